The summed E-state index contributed by atoms with van der Waals surface area (Å²) in [6.07, 6.45) is 3.91. The number of hydrogen-bond acceptors (Lipinski definition) is 3. The standard InChI is InChI=1S/C14H22N2O/c1-16(11-12-6-7-12)8-3-9-17-14-5-2-4-13(15)10-14/h2,4-5,10,12H,3,6-9,11,15H2,1H3. The number of rotatable bonds is 7. The zero-order chi connectivity index (χ0) is 12.1. The van der Waals surface area contributed by atoms with Crippen LogP contribution in [0.3, 0.4) is 0 Å². The fourth-order valence-corrected chi connectivity index (χ4v) is 1.96. The summed E-state index contributed by atoms with van der Waals surface area (Å²) in [4.78, 5) is 2.40. The fraction of sp³-hybridized carbons (Fsp3) is 0.571. The van der Waals surface area contributed by atoms with Gasteiger partial charge in [-0.1, -0.05) is 6.07 Å². The van der Waals surface area contributed by atoms with E-state index in [1.807, 2.05) is 24.3 Å². The second-order valence-electron chi connectivity index (χ2n) is 4.98. The summed E-state index contributed by atoms with van der Waals surface area (Å²) in [7, 11) is 2.19. The van der Waals surface area contributed by atoms with Crippen LogP contribution in [0.1, 0.15) is 19.3 Å². The van der Waals surface area contributed by atoms with Crippen LogP contribution in [0.25, 0.3) is 0 Å². The van der Waals surface area contributed by atoms with Gasteiger partial charge in [-0.05, 0) is 44.4 Å². The van der Waals surface area contributed by atoms with Gasteiger partial charge >= 0.3 is 0 Å². The number of nitrogens with zero attached hydrogens (tertiary/aromatic N) is 1. The molecule has 2 rings (SSSR count). The van der Waals surface area contributed by atoms with Crippen molar-refractivity contribution in [1.29, 1.82) is 0 Å². The van der Waals surface area contributed by atoms with E-state index in [9.17, 15) is 0 Å². The van der Waals surface area contributed by atoms with E-state index in [2.05, 4.69) is 11.9 Å². The van der Waals surface area contributed by atoms with Crippen LogP contribution in [-0.2, 0) is 0 Å². The third kappa shape index (κ3) is 4.65. The van der Waals surface area contributed by atoms with Gasteiger partial charge in [-0.2, -0.15) is 0 Å². The number of hydrogen-bond donors (Lipinski definition) is 1. The Bertz CT molecular complexity index is 350. The van der Waals surface area contributed by atoms with Crippen molar-refractivity contribution < 1.29 is 4.74 Å². The van der Waals surface area contributed by atoms with Gasteiger partial charge in [0.15, 0.2) is 0 Å². The lowest BCUT2D eigenvalue weighted by molar-refractivity contribution is 0.258. The van der Waals surface area contributed by atoms with Crippen LogP contribution in [0.5, 0.6) is 5.75 Å². The Morgan fingerprint density at radius 3 is 2.94 bits per heavy atom. The van der Waals surface area contributed by atoms with Gasteiger partial charge in [0.25, 0.3) is 0 Å². The zero-order valence-electron chi connectivity index (χ0n) is 10.6. The third-order valence-corrected chi connectivity index (χ3v) is 3.08. The Kier molecular flexibility index (Phi) is 4.26. The van der Waals surface area contributed by atoms with Crippen LogP contribution in [0, 0.1) is 5.92 Å². The molecule has 0 radical (unpaired) electrons. The number of benzene rings is 1. The molecule has 1 aromatic rings. The lowest BCUT2D eigenvalue weighted by Gasteiger charge is -2.16. The molecular formula is C14H22N2O. The molecule has 0 heterocycles. The Labute approximate surface area is 104 Å². The third-order valence-electron chi connectivity index (χ3n) is 3.08. The van der Waals surface area contributed by atoms with Gasteiger partial charge in [-0.25, -0.2) is 0 Å². The van der Waals surface area contributed by atoms with Crippen molar-refractivity contribution in [3.05, 3.63) is 24.3 Å². The highest BCUT2D eigenvalue weighted by Gasteiger charge is 2.22. The highest BCUT2D eigenvalue weighted by atomic mass is 16.5. The van der Waals surface area contributed by atoms with Crippen molar-refractivity contribution in [1.82, 2.24) is 4.90 Å². The summed E-state index contributed by atoms with van der Waals surface area (Å²) in [5.74, 6) is 1.84. The fourth-order valence-electron chi connectivity index (χ4n) is 1.96. The number of anilines is 1. The van der Waals surface area contributed by atoms with Gasteiger partial charge in [0.05, 0.1) is 6.61 Å². The van der Waals surface area contributed by atoms with Gasteiger partial charge in [0, 0.05) is 24.8 Å². The van der Waals surface area contributed by atoms with E-state index in [4.69, 9.17) is 10.5 Å². The second-order valence-corrected chi connectivity index (χ2v) is 4.98. The van der Waals surface area contributed by atoms with Crippen LogP contribution < -0.4 is 10.5 Å². The van der Waals surface area contributed by atoms with Gasteiger partial charge in [-0.3, -0.25) is 0 Å². The molecule has 0 amide bonds. The second kappa shape index (κ2) is 5.92. The van der Waals surface area contributed by atoms with Crippen LogP contribution in [0.15, 0.2) is 24.3 Å². The van der Waals surface area contributed by atoms with E-state index in [0.29, 0.717) is 0 Å². The molecule has 0 atom stereocenters. The lowest BCUT2D eigenvalue weighted by Crippen LogP contribution is -2.23. The smallest absolute Gasteiger partial charge is 0.121 e. The van der Waals surface area contributed by atoms with Gasteiger partial charge < -0.3 is 15.4 Å². The topological polar surface area (TPSA) is 38.5 Å². The molecule has 94 valence electrons. The number of nitrogens with two attached hydrogens (primary N) is 1. The predicted octanol–water partition coefficient (Wildman–Crippen LogP) is 2.38. The van der Waals surface area contributed by atoms with Crippen LogP contribution >= 0.6 is 0 Å². The zero-order valence-corrected chi connectivity index (χ0v) is 10.6. The maximum absolute atomic E-state index is 5.68. The average Bonchev–Trinajstić information content (AvgIpc) is 3.08. The summed E-state index contributed by atoms with van der Waals surface area (Å²) in [6, 6.07) is 7.61. The van der Waals surface area contributed by atoms with Crippen LogP contribution in [0.2, 0.25) is 0 Å². The lowest BCUT2D eigenvalue weighted by atomic mass is 10.3. The summed E-state index contributed by atoms with van der Waals surface area (Å²) in [5, 5.41) is 0. The maximum atomic E-state index is 5.68. The van der Waals surface area contributed by atoms with E-state index in [1.54, 1.807) is 0 Å². The number of ether oxygens (including phenoxy) is 1. The van der Waals surface area contributed by atoms with Crippen LogP contribution in [0.4, 0.5) is 5.69 Å². The molecule has 3 nitrogen and oxygen atoms in total. The highest BCUT2D eigenvalue weighted by Crippen LogP contribution is 2.29. The molecule has 0 spiro atoms. The molecule has 1 saturated carbocycles. The molecule has 17 heavy (non-hydrogen) atoms. The largest absolute Gasteiger partial charge is 0.493 e. The summed E-state index contributed by atoms with van der Waals surface area (Å²) in [5.41, 5.74) is 6.44. The Morgan fingerprint density at radius 2 is 2.24 bits per heavy atom. The van der Waals surface area contributed by atoms with E-state index in [-0.39, 0.29) is 0 Å². The molecule has 0 bridgehead atoms. The quantitative estimate of drug-likeness (QED) is 0.581. The summed E-state index contributed by atoms with van der Waals surface area (Å²) < 4.78 is 5.65. The first kappa shape index (κ1) is 12.2. The average molecular weight is 234 g/mol. The van der Waals surface area contributed by atoms with Gasteiger partial charge in [0.1, 0.15) is 5.75 Å². The molecule has 0 aliphatic heterocycles. The van der Waals surface area contributed by atoms with Crippen molar-refractivity contribution >= 4 is 5.69 Å². The Morgan fingerprint density at radius 1 is 1.41 bits per heavy atom. The summed E-state index contributed by atoms with van der Waals surface area (Å²) in [6.45, 7) is 3.12. The molecule has 0 saturated heterocycles. The molecule has 1 aliphatic rings. The van der Waals surface area contributed by atoms with E-state index in [0.717, 1.165) is 36.9 Å². The minimum Gasteiger partial charge on any atom is -0.493 e. The van der Waals surface area contributed by atoms with Crippen molar-refractivity contribution in [3.8, 4) is 5.75 Å². The minimum absolute atomic E-state index is 0.758. The molecule has 2 N–H and O–H groups in total. The molecular weight excluding hydrogens is 212 g/mol. The van der Waals surface area contributed by atoms with E-state index >= 15 is 0 Å². The van der Waals surface area contributed by atoms with Crippen molar-refractivity contribution in [2.24, 2.45) is 5.92 Å². The Hall–Kier alpha value is -1.22. The first-order valence-corrected chi connectivity index (χ1v) is 6.41. The monoisotopic (exact) mass is 234 g/mol. The van der Waals surface area contributed by atoms with Gasteiger partial charge in [-0.15, -0.1) is 0 Å². The molecule has 0 aromatic heterocycles. The Balaban J connectivity index is 1.59. The predicted molar refractivity (Wildman–Crippen MR) is 71.2 cm³/mol. The van der Waals surface area contributed by atoms with Crippen molar-refractivity contribution in [2.75, 3.05) is 32.5 Å². The SMILES string of the molecule is CN(CCCOc1cccc(N)c1)CC1CC1. The van der Waals surface area contributed by atoms with E-state index < -0.39 is 0 Å². The normalized spacial score (nSPS) is 15.2. The molecule has 0 unspecified atom stereocenters. The molecule has 3 heteroatoms. The maximum Gasteiger partial charge on any atom is 0.121 e. The molecule has 1 aliphatic carbocycles. The first-order valence-electron chi connectivity index (χ1n) is 6.41. The van der Waals surface area contributed by atoms with Crippen LogP contribution in [-0.4, -0.2) is 31.6 Å². The van der Waals surface area contributed by atoms with Crippen molar-refractivity contribution in [3.63, 3.8) is 0 Å². The van der Waals surface area contributed by atoms with Gasteiger partial charge in [0.2, 0.25) is 0 Å². The first-order chi connectivity index (χ1) is 8.24. The molecule has 1 aromatic carbocycles. The van der Waals surface area contributed by atoms with Crippen molar-refractivity contribution in [2.45, 2.75) is 19.3 Å². The number of nitrogen functional groups attached to an aromatic ring is 1. The van der Waals surface area contributed by atoms with E-state index in [1.165, 1.54) is 19.4 Å². The minimum atomic E-state index is 0.758. The summed E-state index contributed by atoms with van der Waals surface area (Å²) >= 11 is 0. The highest BCUT2D eigenvalue weighted by molar-refractivity contribution is 5.43. The molecule has 1 fully saturated rings.